The molecule has 1 saturated heterocycles. The van der Waals surface area contributed by atoms with Crippen LogP contribution >= 0.6 is 0 Å². The van der Waals surface area contributed by atoms with Crippen molar-refractivity contribution in [1.82, 2.24) is 0 Å². The fraction of sp³-hybridized carbons (Fsp3) is 0.667. The Balaban J connectivity index is 1.53. The molecular formula is C18H24BFO2. The molecule has 22 heavy (non-hydrogen) atoms. The highest BCUT2D eigenvalue weighted by atomic mass is 19.1. The highest BCUT2D eigenvalue weighted by Gasteiger charge is 2.76. The van der Waals surface area contributed by atoms with E-state index in [1.165, 1.54) is 0 Å². The van der Waals surface area contributed by atoms with E-state index >= 15 is 0 Å². The van der Waals surface area contributed by atoms with E-state index in [1.807, 2.05) is 6.92 Å². The van der Waals surface area contributed by atoms with Gasteiger partial charge in [0.2, 0.25) is 0 Å². The summed E-state index contributed by atoms with van der Waals surface area (Å²) in [6.45, 7) is 10.4. The van der Waals surface area contributed by atoms with E-state index in [9.17, 15) is 4.39 Å². The van der Waals surface area contributed by atoms with E-state index < -0.39 is 0 Å². The molecule has 4 aliphatic rings. The van der Waals surface area contributed by atoms with Crippen LogP contribution in [0.5, 0.6) is 0 Å². The van der Waals surface area contributed by atoms with Crippen molar-refractivity contribution < 1.29 is 13.7 Å². The van der Waals surface area contributed by atoms with E-state index in [1.54, 1.807) is 12.1 Å². The van der Waals surface area contributed by atoms with Gasteiger partial charge in [0.1, 0.15) is 5.82 Å². The van der Waals surface area contributed by atoms with Crippen molar-refractivity contribution in [2.24, 2.45) is 0 Å². The molecule has 4 heteroatoms. The van der Waals surface area contributed by atoms with Gasteiger partial charge >= 0.3 is 7.12 Å². The van der Waals surface area contributed by atoms with Crippen molar-refractivity contribution >= 4 is 7.12 Å². The summed E-state index contributed by atoms with van der Waals surface area (Å²) < 4.78 is 26.2. The van der Waals surface area contributed by atoms with Gasteiger partial charge in [-0.05, 0) is 82.6 Å². The highest BCUT2D eigenvalue weighted by molar-refractivity contribution is 6.51. The molecular weight excluding hydrogens is 278 g/mol. The maximum absolute atomic E-state index is 13.7. The quantitative estimate of drug-likeness (QED) is 0.754. The minimum absolute atomic E-state index is 0.117. The van der Waals surface area contributed by atoms with Crippen LogP contribution in [0.4, 0.5) is 4.39 Å². The topological polar surface area (TPSA) is 18.5 Å². The van der Waals surface area contributed by atoms with Gasteiger partial charge in [-0.25, -0.2) is 4.39 Å². The SMILES string of the molecule is Cc1cc(F)cc(C23CC(B4OC(C)(C)C(C)(C)O4)(C2)C3)c1. The fourth-order valence-electron chi connectivity index (χ4n) is 4.56. The predicted octanol–water partition coefficient (Wildman–Crippen LogP) is 4.40. The van der Waals surface area contributed by atoms with Gasteiger partial charge in [0, 0.05) is 5.31 Å². The van der Waals surface area contributed by atoms with Crippen molar-refractivity contribution in [2.45, 2.75) is 75.8 Å². The molecule has 1 aromatic rings. The molecule has 3 aliphatic carbocycles. The van der Waals surface area contributed by atoms with Crippen molar-refractivity contribution in [2.75, 3.05) is 0 Å². The largest absolute Gasteiger partial charge is 0.464 e. The highest BCUT2D eigenvalue weighted by Crippen LogP contribution is 2.80. The van der Waals surface area contributed by atoms with Gasteiger partial charge in [-0.15, -0.1) is 0 Å². The normalized spacial score (nSPS) is 37.6. The third-order valence-corrected chi connectivity index (χ3v) is 6.48. The van der Waals surface area contributed by atoms with E-state index in [-0.39, 0.29) is 34.9 Å². The molecule has 1 aromatic carbocycles. The number of benzene rings is 1. The van der Waals surface area contributed by atoms with E-state index in [2.05, 4.69) is 33.8 Å². The van der Waals surface area contributed by atoms with Crippen LogP contribution in [0.2, 0.25) is 5.31 Å². The van der Waals surface area contributed by atoms with Crippen molar-refractivity contribution in [3.8, 4) is 0 Å². The molecule has 3 saturated carbocycles. The summed E-state index contributed by atoms with van der Waals surface area (Å²) in [5, 5.41) is 0.144. The molecule has 118 valence electrons. The molecule has 0 atom stereocenters. The monoisotopic (exact) mass is 302 g/mol. The molecule has 0 radical (unpaired) electrons. The summed E-state index contributed by atoms with van der Waals surface area (Å²) in [6, 6.07) is 5.44. The van der Waals surface area contributed by atoms with Gasteiger partial charge in [-0.2, -0.15) is 0 Å². The van der Waals surface area contributed by atoms with Gasteiger partial charge in [-0.1, -0.05) is 6.07 Å². The van der Waals surface area contributed by atoms with Gasteiger partial charge in [0.25, 0.3) is 0 Å². The standard InChI is InChI=1S/C18H24BFO2/c1-12-6-13(8-14(20)7-12)17-9-18(10-17,11-17)19-21-15(2,3)16(4,5)22-19/h6-8H,9-11H2,1-5H3. The Bertz CT molecular complexity index is 596. The lowest BCUT2D eigenvalue weighted by molar-refractivity contribution is -0.0385. The average Bonchev–Trinajstić information content (AvgIpc) is 2.41. The first-order valence-electron chi connectivity index (χ1n) is 8.21. The Hall–Kier alpha value is -0.865. The molecule has 2 bridgehead atoms. The molecule has 1 aliphatic heterocycles. The Morgan fingerprint density at radius 3 is 2.00 bits per heavy atom. The first kappa shape index (κ1) is 14.7. The van der Waals surface area contributed by atoms with E-state index in [0.717, 1.165) is 30.4 Å². The lowest BCUT2D eigenvalue weighted by atomic mass is 9.23. The van der Waals surface area contributed by atoms with E-state index in [0.29, 0.717) is 0 Å². The minimum atomic E-state index is -0.268. The molecule has 4 fully saturated rings. The van der Waals surface area contributed by atoms with Crippen LogP contribution in [-0.2, 0) is 14.7 Å². The number of aryl methyl sites for hydroxylation is 1. The zero-order valence-corrected chi connectivity index (χ0v) is 14.1. The summed E-state index contributed by atoms with van der Waals surface area (Å²) in [7, 11) is -0.117. The molecule has 0 N–H and O–H groups in total. The molecule has 0 unspecified atom stereocenters. The van der Waals surface area contributed by atoms with Crippen LogP contribution in [0.1, 0.15) is 58.1 Å². The van der Waals surface area contributed by atoms with E-state index in [4.69, 9.17) is 9.31 Å². The van der Waals surface area contributed by atoms with Crippen LogP contribution in [0, 0.1) is 12.7 Å². The molecule has 0 spiro atoms. The lowest BCUT2D eigenvalue weighted by Crippen LogP contribution is -2.66. The number of halogens is 1. The smallest absolute Gasteiger partial charge is 0.403 e. The summed E-state index contributed by atoms with van der Waals surface area (Å²) in [5.41, 5.74) is 1.79. The number of hydrogen-bond donors (Lipinski definition) is 0. The third-order valence-electron chi connectivity index (χ3n) is 6.48. The predicted molar refractivity (Wildman–Crippen MR) is 85.4 cm³/mol. The van der Waals surface area contributed by atoms with Crippen molar-refractivity contribution in [3.05, 3.63) is 35.1 Å². The van der Waals surface area contributed by atoms with Crippen molar-refractivity contribution in [1.29, 1.82) is 0 Å². The van der Waals surface area contributed by atoms with Crippen LogP contribution in [0.3, 0.4) is 0 Å². The molecule has 5 rings (SSSR count). The zero-order chi connectivity index (χ0) is 16.0. The van der Waals surface area contributed by atoms with Crippen LogP contribution in [-0.4, -0.2) is 18.3 Å². The first-order valence-corrected chi connectivity index (χ1v) is 8.21. The Labute approximate surface area is 132 Å². The Kier molecular flexibility index (Phi) is 2.65. The number of rotatable bonds is 2. The average molecular weight is 302 g/mol. The maximum Gasteiger partial charge on any atom is 0.464 e. The first-order chi connectivity index (χ1) is 10.1. The van der Waals surface area contributed by atoms with Crippen LogP contribution in [0.15, 0.2) is 18.2 Å². The van der Waals surface area contributed by atoms with Gasteiger partial charge < -0.3 is 9.31 Å². The third kappa shape index (κ3) is 1.74. The van der Waals surface area contributed by atoms with Crippen LogP contribution in [0.25, 0.3) is 0 Å². The minimum Gasteiger partial charge on any atom is -0.403 e. The number of hydrogen-bond acceptors (Lipinski definition) is 2. The maximum atomic E-state index is 13.7. The molecule has 0 aromatic heterocycles. The summed E-state index contributed by atoms with van der Waals surface area (Å²) in [5.74, 6) is -0.121. The molecule has 2 nitrogen and oxygen atoms in total. The Morgan fingerprint density at radius 1 is 0.955 bits per heavy atom. The zero-order valence-electron chi connectivity index (χ0n) is 14.1. The second-order valence-electron chi connectivity index (χ2n) is 8.78. The summed E-state index contributed by atoms with van der Waals surface area (Å²) in [4.78, 5) is 0. The lowest BCUT2D eigenvalue weighted by Gasteiger charge is -2.71. The summed E-state index contributed by atoms with van der Waals surface area (Å²) in [6.07, 6.45) is 3.17. The van der Waals surface area contributed by atoms with Gasteiger partial charge in [-0.3, -0.25) is 0 Å². The van der Waals surface area contributed by atoms with Gasteiger partial charge in [0.15, 0.2) is 0 Å². The molecule has 0 amide bonds. The van der Waals surface area contributed by atoms with Crippen molar-refractivity contribution in [3.63, 3.8) is 0 Å². The van der Waals surface area contributed by atoms with Gasteiger partial charge in [0.05, 0.1) is 11.2 Å². The summed E-state index contributed by atoms with van der Waals surface area (Å²) >= 11 is 0. The Morgan fingerprint density at radius 2 is 1.50 bits per heavy atom. The second-order valence-corrected chi connectivity index (χ2v) is 8.78. The molecule has 1 heterocycles. The second kappa shape index (κ2) is 3.96. The fourth-order valence-corrected chi connectivity index (χ4v) is 4.56. The van der Waals surface area contributed by atoms with Crippen LogP contribution < -0.4 is 0 Å².